The molecule has 0 aromatic heterocycles. The number of anilines is 2. The van der Waals surface area contributed by atoms with Crippen LogP contribution in [0.4, 0.5) is 11.4 Å². The first-order valence-electron chi connectivity index (χ1n) is 8.91. The molecule has 1 aliphatic rings. The average Bonchev–Trinajstić information content (AvgIpc) is 2.64. The van der Waals surface area contributed by atoms with Gasteiger partial charge < -0.3 is 15.0 Å². The van der Waals surface area contributed by atoms with Crippen LogP contribution in [0.1, 0.15) is 6.92 Å². The van der Waals surface area contributed by atoms with E-state index in [1.807, 2.05) is 30.1 Å². The third-order valence-corrected chi connectivity index (χ3v) is 5.09. The van der Waals surface area contributed by atoms with Crippen molar-refractivity contribution in [2.45, 2.75) is 13.0 Å². The Morgan fingerprint density at radius 3 is 2.63 bits per heavy atom. The van der Waals surface area contributed by atoms with Crippen molar-refractivity contribution in [3.05, 3.63) is 52.5 Å². The summed E-state index contributed by atoms with van der Waals surface area (Å²) in [6.07, 6.45) is -0.0125. The predicted octanol–water partition coefficient (Wildman–Crippen LogP) is 4.15. The maximum atomic E-state index is 12.4. The molecule has 1 amide bonds. The largest absolute Gasteiger partial charge is 0.485 e. The van der Waals surface area contributed by atoms with Gasteiger partial charge in [-0.2, -0.15) is 0 Å². The van der Waals surface area contributed by atoms with Gasteiger partial charge in [-0.3, -0.25) is 9.69 Å². The van der Waals surface area contributed by atoms with Crippen molar-refractivity contribution in [1.29, 1.82) is 0 Å². The van der Waals surface area contributed by atoms with Crippen LogP contribution < -0.4 is 15.0 Å². The minimum Gasteiger partial charge on any atom is -0.485 e. The number of para-hydroxylation sites is 3. The highest BCUT2D eigenvalue weighted by atomic mass is 35.5. The normalized spacial score (nSPS) is 16.0. The molecule has 1 aliphatic heterocycles. The number of rotatable bonds is 6. The molecular weight excluding hydrogens is 385 g/mol. The monoisotopic (exact) mass is 407 g/mol. The van der Waals surface area contributed by atoms with E-state index in [-0.39, 0.29) is 18.6 Å². The molecule has 2 aromatic carbocycles. The van der Waals surface area contributed by atoms with Crippen molar-refractivity contribution in [1.82, 2.24) is 4.90 Å². The van der Waals surface area contributed by atoms with Gasteiger partial charge in [-0.25, -0.2) is 0 Å². The van der Waals surface area contributed by atoms with E-state index in [2.05, 4.69) is 23.2 Å². The van der Waals surface area contributed by atoms with E-state index >= 15 is 0 Å². The summed E-state index contributed by atoms with van der Waals surface area (Å²) in [7, 11) is 1.90. The number of likely N-dealkylation sites (N-methyl/N-ethyl adjacent to an activating group) is 2. The molecule has 1 N–H and O–H groups in total. The Kier molecular flexibility index (Phi) is 6.47. The van der Waals surface area contributed by atoms with Crippen LogP contribution in [0.3, 0.4) is 0 Å². The molecule has 5 nitrogen and oxygen atoms in total. The molecular formula is C20H23Cl2N3O2. The van der Waals surface area contributed by atoms with Crippen LogP contribution in [-0.4, -0.2) is 50.1 Å². The Labute approximate surface area is 169 Å². The first-order chi connectivity index (χ1) is 13.0. The summed E-state index contributed by atoms with van der Waals surface area (Å²) in [5.74, 6) is 0.715. The van der Waals surface area contributed by atoms with E-state index in [1.165, 1.54) is 0 Å². The van der Waals surface area contributed by atoms with Crippen molar-refractivity contribution < 1.29 is 9.53 Å². The molecule has 0 saturated heterocycles. The Hall–Kier alpha value is -1.95. The van der Waals surface area contributed by atoms with Crippen molar-refractivity contribution in [2.75, 3.05) is 43.4 Å². The number of halogens is 2. The smallest absolute Gasteiger partial charge is 0.238 e. The van der Waals surface area contributed by atoms with E-state index in [1.54, 1.807) is 18.2 Å². The summed E-state index contributed by atoms with van der Waals surface area (Å²) >= 11 is 12.2. The second-order valence-corrected chi connectivity index (χ2v) is 7.40. The second kappa shape index (κ2) is 8.83. The van der Waals surface area contributed by atoms with Gasteiger partial charge in [-0.15, -0.1) is 0 Å². The van der Waals surface area contributed by atoms with Crippen LogP contribution in [0.15, 0.2) is 42.5 Å². The molecule has 0 aliphatic carbocycles. The number of carbonyl (C=O) groups excluding carboxylic acids is 1. The van der Waals surface area contributed by atoms with E-state index in [4.69, 9.17) is 27.9 Å². The molecule has 27 heavy (non-hydrogen) atoms. The number of benzene rings is 2. The Morgan fingerprint density at radius 1 is 1.22 bits per heavy atom. The zero-order valence-corrected chi connectivity index (χ0v) is 16.9. The molecule has 2 aromatic rings. The number of amides is 1. The minimum absolute atomic E-state index is 0.0125. The Balaban J connectivity index is 1.58. The van der Waals surface area contributed by atoms with Crippen molar-refractivity contribution in [3.8, 4) is 5.75 Å². The van der Waals surface area contributed by atoms with Gasteiger partial charge >= 0.3 is 0 Å². The minimum atomic E-state index is -0.170. The number of carbonyl (C=O) groups is 1. The van der Waals surface area contributed by atoms with Gasteiger partial charge in [-0.1, -0.05) is 41.4 Å². The third kappa shape index (κ3) is 4.86. The molecule has 0 saturated carbocycles. The third-order valence-electron chi connectivity index (χ3n) is 4.46. The van der Waals surface area contributed by atoms with Gasteiger partial charge in [0.2, 0.25) is 5.91 Å². The topological polar surface area (TPSA) is 44.8 Å². The number of fused-ring (bicyclic) bond motifs is 1. The number of hydrogen-bond donors (Lipinski definition) is 1. The van der Waals surface area contributed by atoms with Gasteiger partial charge in [-0.05, 0) is 38.2 Å². The van der Waals surface area contributed by atoms with Crippen molar-refractivity contribution in [3.63, 3.8) is 0 Å². The first-order valence-corrected chi connectivity index (χ1v) is 9.66. The van der Waals surface area contributed by atoms with Gasteiger partial charge in [0.15, 0.2) is 0 Å². The van der Waals surface area contributed by atoms with Gasteiger partial charge in [0.05, 0.1) is 34.5 Å². The molecule has 0 radical (unpaired) electrons. The number of hydrogen-bond acceptors (Lipinski definition) is 4. The van der Waals surface area contributed by atoms with Crippen molar-refractivity contribution in [2.24, 2.45) is 0 Å². The molecule has 1 heterocycles. The lowest BCUT2D eigenvalue weighted by atomic mass is 10.2. The highest BCUT2D eigenvalue weighted by Crippen LogP contribution is 2.33. The van der Waals surface area contributed by atoms with Crippen LogP contribution >= 0.6 is 23.2 Å². The SMILES string of the molecule is CCN1CC(CN(C)CC(=O)Nc2c(Cl)cccc2Cl)Oc2ccccc21. The molecule has 0 fully saturated rings. The maximum absolute atomic E-state index is 12.4. The Morgan fingerprint density at radius 2 is 1.93 bits per heavy atom. The fraction of sp³-hybridized carbons (Fsp3) is 0.350. The molecule has 3 rings (SSSR count). The maximum Gasteiger partial charge on any atom is 0.238 e. The van der Waals surface area contributed by atoms with Crippen LogP contribution in [0.2, 0.25) is 10.0 Å². The lowest BCUT2D eigenvalue weighted by Crippen LogP contribution is -2.46. The molecule has 144 valence electrons. The van der Waals surface area contributed by atoms with Crippen LogP contribution in [-0.2, 0) is 4.79 Å². The van der Waals surface area contributed by atoms with Gasteiger partial charge in [0.1, 0.15) is 11.9 Å². The first kappa shape index (κ1) is 19.8. The zero-order chi connectivity index (χ0) is 19.4. The summed E-state index contributed by atoms with van der Waals surface area (Å²) in [5, 5.41) is 3.63. The van der Waals surface area contributed by atoms with Gasteiger partial charge in [0.25, 0.3) is 0 Å². The predicted molar refractivity (Wildman–Crippen MR) is 111 cm³/mol. The highest BCUT2D eigenvalue weighted by molar-refractivity contribution is 6.39. The lowest BCUT2D eigenvalue weighted by Gasteiger charge is -2.37. The van der Waals surface area contributed by atoms with Gasteiger partial charge in [0, 0.05) is 13.1 Å². The fourth-order valence-electron chi connectivity index (χ4n) is 3.23. The van der Waals surface area contributed by atoms with Crippen LogP contribution in [0, 0.1) is 0 Å². The number of nitrogens with one attached hydrogen (secondary N) is 1. The zero-order valence-electron chi connectivity index (χ0n) is 15.4. The summed E-state index contributed by atoms with van der Waals surface area (Å²) in [5.41, 5.74) is 1.56. The summed E-state index contributed by atoms with van der Waals surface area (Å²) in [4.78, 5) is 16.6. The molecule has 1 unspecified atom stereocenters. The number of ether oxygens (including phenoxy) is 1. The van der Waals surface area contributed by atoms with Crippen LogP contribution in [0.5, 0.6) is 5.75 Å². The lowest BCUT2D eigenvalue weighted by molar-refractivity contribution is -0.117. The summed E-state index contributed by atoms with van der Waals surface area (Å²) in [6, 6.07) is 13.2. The molecule has 0 bridgehead atoms. The standard InChI is InChI=1S/C20H23Cl2N3O2/c1-3-25-12-14(27-18-10-5-4-9-17(18)25)11-24(2)13-19(26)23-20-15(21)7-6-8-16(20)22/h4-10,14H,3,11-13H2,1-2H3,(H,23,26). The van der Waals surface area contributed by atoms with E-state index in [0.717, 1.165) is 24.5 Å². The quantitative estimate of drug-likeness (QED) is 0.780. The second-order valence-electron chi connectivity index (χ2n) is 6.59. The average molecular weight is 408 g/mol. The highest BCUT2D eigenvalue weighted by Gasteiger charge is 2.26. The Bertz CT molecular complexity index is 795. The molecule has 1 atom stereocenters. The van der Waals surface area contributed by atoms with Crippen LogP contribution in [0.25, 0.3) is 0 Å². The number of nitrogens with zero attached hydrogens (tertiary/aromatic N) is 2. The van der Waals surface area contributed by atoms with E-state index in [9.17, 15) is 4.79 Å². The molecule has 0 spiro atoms. The van der Waals surface area contributed by atoms with E-state index in [0.29, 0.717) is 22.3 Å². The van der Waals surface area contributed by atoms with E-state index < -0.39 is 0 Å². The fourth-order valence-corrected chi connectivity index (χ4v) is 3.72. The van der Waals surface area contributed by atoms with Crippen molar-refractivity contribution >= 4 is 40.5 Å². The summed E-state index contributed by atoms with van der Waals surface area (Å²) < 4.78 is 6.12. The summed E-state index contributed by atoms with van der Waals surface area (Å²) in [6.45, 7) is 4.68. The molecule has 7 heteroatoms.